The number of ether oxygens (including phenoxy) is 1. The molecule has 404 valence electrons. The van der Waals surface area contributed by atoms with Gasteiger partial charge in [0.1, 0.15) is 6.10 Å². The first-order valence-corrected chi connectivity index (χ1v) is 30.4. The molecule has 0 fully saturated rings. The third kappa shape index (κ3) is 52.0. The van der Waals surface area contributed by atoms with Crippen LogP contribution in [0.1, 0.15) is 316 Å². The average Bonchev–Trinajstić information content (AvgIpc) is 3.34. The molecule has 6 nitrogen and oxygen atoms in total. The Kier molecular flexibility index (Phi) is 54.9. The van der Waals surface area contributed by atoms with E-state index in [0.717, 1.165) is 70.6 Å². The molecule has 0 aliphatic carbocycles. The Morgan fingerprint density at radius 1 is 0.420 bits per heavy atom. The Labute approximate surface area is 429 Å². The van der Waals surface area contributed by atoms with Crippen LogP contribution in [0.2, 0.25) is 0 Å². The number of carbonyl (C=O) groups excluding carboxylic acids is 2. The molecule has 0 heterocycles. The van der Waals surface area contributed by atoms with Crippen LogP contribution in [-0.4, -0.2) is 46.9 Å². The summed E-state index contributed by atoms with van der Waals surface area (Å²) in [6.07, 6.45) is 70.4. The van der Waals surface area contributed by atoms with E-state index in [4.69, 9.17) is 4.74 Å². The predicted octanol–water partition coefficient (Wildman–Crippen LogP) is 19.0. The monoisotopic (exact) mass is 968 g/mol. The highest BCUT2D eigenvalue weighted by molar-refractivity contribution is 5.77. The van der Waals surface area contributed by atoms with Crippen LogP contribution in [0.15, 0.2) is 48.6 Å². The first-order chi connectivity index (χ1) is 34.0. The van der Waals surface area contributed by atoms with Crippen molar-refractivity contribution >= 4 is 11.9 Å². The van der Waals surface area contributed by atoms with E-state index in [9.17, 15) is 19.8 Å². The van der Waals surface area contributed by atoms with Gasteiger partial charge in [0.15, 0.2) is 0 Å². The maximum Gasteiger partial charge on any atom is 0.306 e. The molecule has 0 saturated heterocycles. The Morgan fingerprint density at radius 2 is 0.739 bits per heavy atom. The number of aliphatic hydroxyl groups excluding tert-OH is 2. The second-order valence-corrected chi connectivity index (χ2v) is 20.9. The summed E-state index contributed by atoms with van der Waals surface area (Å²) in [5.74, 6) is -0.496. The molecule has 3 unspecified atom stereocenters. The quantitative estimate of drug-likeness (QED) is 0.0321. The first-order valence-electron chi connectivity index (χ1n) is 30.4. The second-order valence-electron chi connectivity index (χ2n) is 20.9. The van der Waals surface area contributed by atoms with Crippen molar-refractivity contribution in [1.29, 1.82) is 0 Å². The van der Waals surface area contributed by atoms with Gasteiger partial charge in [0.25, 0.3) is 0 Å². The fourth-order valence-electron chi connectivity index (χ4n) is 9.39. The van der Waals surface area contributed by atoms with E-state index < -0.39 is 18.2 Å². The number of nitrogens with one attached hydrogen (secondary N) is 1. The molecule has 0 bridgehead atoms. The van der Waals surface area contributed by atoms with Crippen LogP contribution < -0.4 is 5.32 Å². The summed E-state index contributed by atoms with van der Waals surface area (Å²) in [5.41, 5.74) is 0. The van der Waals surface area contributed by atoms with Crippen LogP contribution in [0.3, 0.4) is 0 Å². The highest BCUT2D eigenvalue weighted by Gasteiger charge is 2.24. The molecule has 0 aromatic carbocycles. The number of hydrogen-bond acceptors (Lipinski definition) is 5. The van der Waals surface area contributed by atoms with Crippen molar-refractivity contribution in [2.24, 2.45) is 0 Å². The smallest absolute Gasteiger partial charge is 0.306 e. The summed E-state index contributed by atoms with van der Waals surface area (Å²) >= 11 is 0. The van der Waals surface area contributed by atoms with Crippen LogP contribution in [0.4, 0.5) is 0 Å². The third-order valence-corrected chi connectivity index (χ3v) is 14.0. The van der Waals surface area contributed by atoms with Gasteiger partial charge in [-0.2, -0.15) is 0 Å². The molecule has 0 aliphatic rings. The van der Waals surface area contributed by atoms with E-state index in [0.29, 0.717) is 19.3 Å². The molecular formula is C63H117NO5. The van der Waals surface area contributed by atoms with E-state index in [1.165, 1.54) is 199 Å². The molecule has 0 saturated carbocycles. The summed E-state index contributed by atoms with van der Waals surface area (Å²) in [6.45, 7) is 6.48. The van der Waals surface area contributed by atoms with Gasteiger partial charge in [-0.05, 0) is 51.4 Å². The van der Waals surface area contributed by atoms with E-state index in [2.05, 4.69) is 74.7 Å². The molecule has 6 heteroatoms. The summed E-state index contributed by atoms with van der Waals surface area (Å²) < 4.78 is 5.96. The minimum atomic E-state index is -0.799. The van der Waals surface area contributed by atoms with Gasteiger partial charge in [-0.1, -0.05) is 301 Å². The van der Waals surface area contributed by atoms with Gasteiger partial charge in [-0.25, -0.2) is 0 Å². The second kappa shape index (κ2) is 56.7. The van der Waals surface area contributed by atoms with Crippen LogP contribution >= 0.6 is 0 Å². The lowest BCUT2D eigenvalue weighted by Crippen LogP contribution is -2.46. The molecule has 0 rings (SSSR count). The fourth-order valence-corrected chi connectivity index (χ4v) is 9.39. The Morgan fingerprint density at radius 3 is 1.14 bits per heavy atom. The Balaban J connectivity index is 4.57. The highest BCUT2D eigenvalue weighted by Crippen LogP contribution is 2.19. The van der Waals surface area contributed by atoms with Crippen molar-refractivity contribution in [2.45, 2.75) is 334 Å². The molecule has 1 amide bonds. The summed E-state index contributed by atoms with van der Waals surface area (Å²) in [7, 11) is 0. The first kappa shape index (κ1) is 66.8. The van der Waals surface area contributed by atoms with Gasteiger partial charge < -0.3 is 20.3 Å². The van der Waals surface area contributed by atoms with Crippen LogP contribution in [0, 0.1) is 0 Å². The minimum Gasteiger partial charge on any atom is -0.462 e. The summed E-state index contributed by atoms with van der Waals surface area (Å²) in [6, 6.07) is -0.714. The zero-order valence-electron chi connectivity index (χ0n) is 46.2. The van der Waals surface area contributed by atoms with Crippen molar-refractivity contribution in [3.05, 3.63) is 48.6 Å². The van der Waals surface area contributed by atoms with Crippen LogP contribution in [0.5, 0.6) is 0 Å². The van der Waals surface area contributed by atoms with Crippen LogP contribution in [0.25, 0.3) is 0 Å². The minimum absolute atomic E-state index is 0.0548. The van der Waals surface area contributed by atoms with Gasteiger partial charge in [0, 0.05) is 6.42 Å². The van der Waals surface area contributed by atoms with Crippen molar-refractivity contribution in [2.75, 3.05) is 6.61 Å². The number of rotatable bonds is 55. The van der Waals surface area contributed by atoms with Crippen molar-refractivity contribution in [3.8, 4) is 0 Å². The molecule has 0 aromatic heterocycles. The molecule has 3 atom stereocenters. The molecule has 0 spiro atoms. The highest BCUT2D eigenvalue weighted by atomic mass is 16.5. The molecular weight excluding hydrogens is 851 g/mol. The van der Waals surface area contributed by atoms with Crippen molar-refractivity contribution in [1.82, 2.24) is 5.32 Å². The molecule has 3 N–H and O–H groups in total. The molecule has 0 aliphatic heterocycles. The van der Waals surface area contributed by atoms with Gasteiger partial charge in [-0.15, -0.1) is 0 Å². The zero-order valence-corrected chi connectivity index (χ0v) is 46.2. The number of unbranched alkanes of at least 4 members (excludes halogenated alkanes) is 38. The standard InChI is InChI=1S/C63H117NO5/c1-4-7-10-13-16-19-22-25-28-30-31-32-35-38-41-44-47-50-53-56-63(68)69-59(54-51-48-45-42-39-36-34-29-26-23-20-17-14-11-8-5-2)57-62(67)64-60(58-65)61(66)55-52-49-46-43-40-37-33-27-24-21-18-15-12-9-6-3/h17,20,23,26,29,34,36,39,59-61,65-66H,4-16,18-19,21-22,24-25,27-28,30-33,35,37-38,40-58H2,1-3H3,(H,64,67)/b20-17+,26-23+,34-29+,39-36+. The van der Waals surface area contributed by atoms with E-state index >= 15 is 0 Å². The maximum atomic E-state index is 13.3. The fraction of sp³-hybridized carbons (Fsp3) is 0.841. The number of carbonyl (C=O) groups is 2. The van der Waals surface area contributed by atoms with E-state index in [1.807, 2.05) is 0 Å². The maximum absolute atomic E-state index is 13.3. The number of hydrogen-bond donors (Lipinski definition) is 3. The Bertz CT molecular complexity index is 1180. The van der Waals surface area contributed by atoms with E-state index in [-0.39, 0.29) is 24.9 Å². The molecule has 69 heavy (non-hydrogen) atoms. The van der Waals surface area contributed by atoms with Crippen LogP contribution in [-0.2, 0) is 14.3 Å². The number of aliphatic hydroxyl groups is 2. The lowest BCUT2D eigenvalue weighted by molar-refractivity contribution is -0.151. The molecule has 0 aromatic rings. The Hall–Kier alpha value is -2.18. The molecule has 0 radical (unpaired) electrons. The lowest BCUT2D eigenvalue weighted by Gasteiger charge is -2.24. The average molecular weight is 969 g/mol. The normalized spacial score (nSPS) is 13.4. The van der Waals surface area contributed by atoms with Gasteiger partial charge in [0.05, 0.1) is 25.2 Å². The van der Waals surface area contributed by atoms with Crippen molar-refractivity contribution < 1.29 is 24.5 Å². The zero-order chi connectivity index (χ0) is 50.2. The third-order valence-electron chi connectivity index (χ3n) is 14.0. The summed E-state index contributed by atoms with van der Waals surface area (Å²) in [5, 5.41) is 23.9. The SMILES string of the molecule is CCCCC/C=C/C=C/C=C/C=C/CCCCCC(CC(=O)NC(CO)C(O)CCCCCCCCCCCCCCCCC)OC(=O)CCCCCCCCCCCCCCCCCCCCC. The van der Waals surface area contributed by atoms with Gasteiger partial charge in [-0.3, -0.25) is 9.59 Å². The number of esters is 1. The van der Waals surface area contributed by atoms with Gasteiger partial charge >= 0.3 is 5.97 Å². The predicted molar refractivity (Wildman–Crippen MR) is 301 cm³/mol. The lowest BCUT2D eigenvalue weighted by atomic mass is 10.0. The topological polar surface area (TPSA) is 95.9 Å². The largest absolute Gasteiger partial charge is 0.462 e. The van der Waals surface area contributed by atoms with Gasteiger partial charge in [0.2, 0.25) is 5.91 Å². The summed E-state index contributed by atoms with van der Waals surface area (Å²) in [4.78, 5) is 26.3. The van der Waals surface area contributed by atoms with Crippen molar-refractivity contribution in [3.63, 3.8) is 0 Å². The van der Waals surface area contributed by atoms with E-state index in [1.54, 1.807) is 0 Å². The number of amides is 1. The number of allylic oxidation sites excluding steroid dienone is 8.